The fraction of sp³-hybridized carbons (Fsp3) is 0.562. The normalized spacial score (nSPS) is 15.0. The van der Waals surface area contributed by atoms with Gasteiger partial charge in [-0.15, -0.1) is 0 Å². The monoisotopic (exact) mass is 339 g/mol. The fourth-order valence-corrected chi connectivity index (χ4v) is 3.19. The van der Waals surface area contributed by atoms with Gasteiger partial charge in [-0.25, -0.2) is 8.42 Å². The molecule has 1 aromatic carbocycles. The molecule has 0 saturated heterocycles. The van der Waals surface area contributed by atoms with Crippen LogP contribution < -0.4 is 9.80 Å². The number of hydrogen-bond donors (Lipinski definition) is 0. The zero-order valence-electron chi connectivity index (χ0n) is 14.0. The molecule has 1 aromatic rings. The Hall–Kier alpha value is -1.60. The van der Waals surface area contributed by atoms with E-state index in [9.17, 15) is 13.2 Å². The molecule has 1 aliphatic rings. The maximum atomic E-state index is 12.4. The molecule has 0 N–H and O–H groups in total. The van der Waals surface area contributed by atoms with Crippen LogP contribution in [-0.2, 0) is 14.6 Å². The zero-order chi connectivity index (χ0) is 17.0. The van der Waals surface area contributed by atoms with Crippen molar-refractivity contribution in [2.24, 2.45) is 0 Å². The van der Waals surface area contributed by atoms with E-state index in [-0.39, 0.29) is 18.1 Å². The van der Waals surface area contributed by atoms with Gasteiger partial charge in [-0.2, -0.15) is 0 Å². The predicted molar refractivity (Wildman–Crippen MR) is 93.9 cm³/mol. The lowest BCUT2D eigenvalue weighted by molar-refractivity contribution is -0.118. The Morgan fingerprint density at radius 2 is 1.83 bits per heavy atom. The van der Waals surface area contributed by atoms with Gasteiger partial charge in [-0.05, 0) is 26.2 Å². The molecule has 1 amide bonds. The first-order chi connectivity index (χ1) is 10.8. The average molecular weight is 339 g/mol. The molecular weight excluding hydrogens is 314 g/mol. The SMILES string of the molecule is CN(C)CCN1CCN(C(=O)CCS(C)(=O)=O)c2ccccc21. The van der Waals surface area contributed by atoms with Gasteiger partial charge in [0.05, 0.1) is 17.1 Å². The molecule has 0 unspecified atom stereocenters. The molecule has 0 radical (unpaired) electrons. The van der Waals surface area contributed by atoms with E-state index in [0.717, 1.165) is 37.3 Å². The van der Waals surface area contributed by atoms with Gasteiger partial charge in [0.1, 0.15) is 9.84 Å². The highest BCUT2D eigenvalue weighted by Crippen LogP contribution is 2.33. The summed E-state index contributed by atoms with van der Waals surface area (Å²) in [5.74, 6) is -0.232. The number of rotatable bonds is 6. The predicted octanol–water partition coefficient (Wildman–Crippen LogP) is 0.836. The molecule has 0 aromatic heterocycles. The number of amides is 1. The van der Waals surface area contributed by atoms with Crippen LogP contribution >= 0.6 is 0 Å². The molecule has 1 aliphatic heterocycles. The number of fused-ring (bicyclic) bond motifs is 1. The summed E-state index contributed by atoms with van der Waals surface area (Å²) in [6, 6.07) is 7.81. The number of carbonyl (C=O) groups excluding carboxylic acids is 1. The van der Waals surface area contributed by atoms with Crippen LogP contribution in [0.2, 0.25) is 0 Å². The summed E-state index contributed by atoms with van der Waals surface area (Å²) in [4.78, 5) is 18.5. The lowest BCUT2D eigenvalue weighted by Crippen LogP contribution is -2.46. The van der Waals surface area contributed by atoms with E-state index in [2.05, 4.69) is 9.80 Å². The van der Waals surface area contributed by atoms with Crippen LogP contribution in [0.25, 0.3) is 0 Å². The number of nitrogens with zero attached hydrogens (tertiary/aromatic N) is 3. The van der Waals surface area contributed by atoms with Crippen LogP contribution in [0.3, 0.4) is 0 Å². The Kier molecular flexibility index (Phi) is 5.64. The van der Waals surface area contributed by atoms with Gasteiger partial charge < -0.3 is 14.7 Å². The van der Waals surface area contributed by atoms with E-state index >= 15 is 0 Å². The molecule has 0 fully saturated rings. The summed E-state index contributed by atoms with van der Waals surface area (Å²) < 4.78 is 22.6. The summed E-state index contributed by atoms with van der Waals surface area (Å²) in [6.07, 6.45) is 1.19. The molecule has 2 rings (SSSR count). The second kappa shape index (κ2) is 7.31. The lowest BCUT2D eigenvalue weighted by Gasteiger charge is -2.38. The fourth-order valence-electron chi connectivity index (χ4n) is 2.64. The minimum absolute atomic E-state index is 0.0326. The maximum Gasteiger partial charge on any atom is 0.228 e. The molecule has 0 spiro atoms. The van der Waals surface area contributed by atoms with E-state index in [1.807, 2.05) is 38.4 Å². The summed E-state index contributed by atoms with van der Waals surface area (Å²) in [5.41, 5.74) is 1.91. The van der Waals surface area contributed by atoms with Crippen molar-refractivity contribution in [1.82, 2.24) is 4.90 Å². The number of sulfone groups is 1. The van der Waals surface area contributed by atoms with Gasteiger partial charge in [-0.1, -0.05) is 12.1 Å². The van der Waals surface area contributed by atoms with Crippen molar-refractivity contribution in [2.45, 2.75) is 6.42 Å². The Morgan fingerprint density at radius 1 is 1.17 bits per heavy atom. The molecule has 6 nitrogen and oxygen atoms in total. The van der Waals surface area contributed by atoms with E-state index in [0.29, 0.717) is 6.54 Å². The highest BCUT2D eigenvalue weighted by atomic mass is 32.2. The smallest absolute Gasteiger partial charge is 0.228 e. The maximum absolute atomic E-state index is 12.4. The van der Waals surface area contributed by atoms with E-state index in [4.69, 9.17) is 0 Å². The third kappa shape index (κ3) is 4.94. The van der Waals surface area contributed by atoms with Gasteiger partial charge in [0.25, 0.3) is 0 Å². The first kappa shape index (κ1) is 17.7. The number of benzene rings is 1. The van der Waals surface area contributed by atoms with Crippen LogP contribution in [0.15, 0.2) is 24.3 Å². The van der Waals surface area contributed by atoms with E-state index in [1.54, 1.807) is 4.90 Å². The summed E-state index contributed by atoms with van der Waals surface area (Å²) in [7, 11) is 0.950. The van der Waals surface area contributed by atoms with Crippen molar-refractivity contribution in [2.75, 3.05) is 62.1 Å². The topological polar surface area (TPSA) is 60.9 Å². The third-order valence-corrected chi connectivity index (χ3v) is 4.86. The van der Waals surface area contributed by atoms with Crippen LogP contribution in [0.5, 0.6) is 0 Å². The van der Waals surface area contributed by atoms with Crippen molar-refractivity contribution >= 4 is 27.1 Å². The van der Waals surface area contributed by atoms with Gasteiger partial charge in [0.2, 0.25) is 5.91 Å². The average Bonchev–Trinajstić information content (AvgIpc) is 2.49. The second-order valence-corrected chi connectivity index (χ2v) is 8.46. The number of carbonyl (C=O) groups is 1. The molecule has 1 heterocycles. The molecule has 7 heteroatoms. The third-order valence-electron chi connectivity index (χ3n) is 3.91. The minimum Gasteiger partial charge on any atom is -0.367 e. The van der Waals surface area contributed by atoms with E-state index in [1.165, 1.54) is 0 Å². The highest BCUT2D eigenvalue weighted by molar-refractivity contribution is 7.90. The molecule has 128 valence electrons. The summed E-state index contributed by atoms with van der Waals surface area (Å²) in [5, 5.41) is 0. The number of anilines is 2. The van der Waals surface area contributed by atoms with Gasteiger partial charge >= 0.3 is 0 Å². The van der Waals surface area contributed by atoms with Crippen LogP contribution in [0.4, 0.5) is 11.4 Å². The van der Waals surface area contributed by atoms with E-state index < -0.39 is 9.84 Å². The Bertz CT molecular complexity index is 658. The summed E-state index contributed by atoms with van der Waals surface area (Å²) >= 11 is 0. The van der Waals surface area contributed by atoms with Gasteiger partial charge in [-0.3, -0.25) is 4.79 Å². The first-order valence-electron chi connectivity index (χ1n) is 7.75. The lowest BCUT2D eigenvalue weighted by atomic mass is 10.1. The molecule has 0 aliphatic carbocycles. The Balaban J connectivity index is 2.14. The highest BCUT2D eigenvalue weighted by Gasteiger charge is 2.26. The van der Waals surface area contributed by atoms with Crippen molar-refractivity contribution < 1.29 is 13.2 Å². The van der Waals surface area contributed by atoms with Crippen molar-refractivity contribution in [1.29, 1.82) is 0 Å². The van der Waals surface area contributed by atoms with Crippen LogP contribution in [0.1, 0.15) is 6.42 Å². The van der Waals surface area contributed by atoms with Crippen LogP contribution in [-0.4, -0.2) is 71.5 Å². The van der Waals surface area contributed by atoms with Gasteiger partial charge in [0, 0.05) is 38.9 Å². The zero-order valence-corrected chi connectivity index (χ0v) is 14.8. The van der Waals surface area contributed by atoms with Crippen LogP contribution in [0, 0.1) is 0 Å². The minimum atomic E-state index is -3.13. The second-order valence-electron chi connectivity index (χ2n) is 6.20. The number of likely N-dealkylation sites (N-methyl/N-ethyl adjacent to an activating group) is 1. The Labute approximate surface area is 138 Å². The molecule has 23 heavy (non-hydrogen) atoms. The van der Waals surface area contributed by atoms with Gasteiger partial charge in [0.15, 0.2) is 0 Å². The largest absolute Gasteiger partial charge is 0.367 e. The first-order valence-corrected chi connectivity index (χ1v) is 9.81. The number of para-hydroxylation sites is 2. The molecule has 0 atom stereocenters. The number of hydrogen-bond acceptors (Lipinski definition) is 5. The molecule has 0 saturated carbocycles. The standard InChI is InChI=1S/C16H25N3O3S/c1-17(2)9-10-18-11-12-19(15-7-5-4-6-14(15)18)16(20)8-13-23(3,21)22/h4-7H,8-13H2,1-3H3. The van der Waals surface area contributed by atoms with Crippen molar-refractivity contribution in [3.63, 3.8) is 0 Å². The Morgan fingerprint density at radius 3 is 2.43 bits per heavy atom. The quantitative estimate of drug-likeness (QED) is 0.768. The molecule has 0 bridgehead atoms. The summed E-state index contributed by atoms with van der Waals surface area (Å²) in [6.45, 7) is 3.19. The molecular formula is C16H25N3O3S. The van der Waals surface area contributed by atoms with Crippen molar-refractivity contribution in [3.8, 4) is 0 Å². The van der Waals surface area contributed by atoms with Crippen molar-refractivity contribution in [3.05, 3.63) is 24.3 Å².